The van der Waals surface area contributed by atoms with Gasteiger partial charge in [-0.05, 0) is 37.7 Å². The molecule has 2 aliphatic rings. The highest BCUT2D eigenvalue weighted by atomic mass is 32.2. The van der Waals surface area contributed by atoms with E-state index in [1.54, 1.807) is 11.4 Å². The summed E-state index contributed by atoms with van der Waals surface area (Å²) in [4.78, 5) is 1.43. The van der Waals surface area contributed by atoms with Crippen LogP contribution in [0.3, 0.4) is 0 Å². The van der Waals surface area contributed by atoms with Gasteiger partial charge in [-0.15, -0.1) is 11.3 Å². The van der Waals surface area contributed by atoms with Gasteiger partial charge < -0.3 is 10.1 Å². The lowest BCUT2D eigenvalue weighted by Crippen LogP contribution is -2.27. The Bertz CT molecular complexity index is 563. The molecule has 0 spiro atoms. The molecule has 2 aliphatic carbocycles. The first-order chi connectivity index (χ1) is 10.1. The molecular formula is C14H22N2O3S2. The fraction of sp³-hybridized carbons (Fsp3) is 0.714. The Morgan fingerprint density at radius 3 is 2.81 bits per heavy atom. The van der Waals surface area contributed by atoms with Crippen LogP contribution >= 0.6 is 11.3 Å². The maximum Gasteiger partial charge on any atom is 0.241 e. The summed E-state index contributed by atoms with van der Waals surface area (Å²) in [6.07, 6.45) is 4.97. The highest BCUT2D eigenvalue weighted by molar-refractivity contribution is 7.89. The van der Waals surface area contributed by atoms with Gasteiger partial charge in [-0.2, -0.15) is 0 Å². The summed E-state index contributed by atoms with van der Waals surface area (Å²) in [6, 6.07) is 2.39. The summed E-state index contributed by atoms with van der Waals surface area (Å²) >= 11 is 1.49. The number of sulfonamides is 1. The smallest absolute Gasteiger partial charge is 0.241 e. The molecule has 0 unspecified atom stereocenters. The first-order valence-corrected chi connectivity index (χ1v) is 9.88. The Morgan fingerprint density at radius 1 is 1.29 bits per heavy atom. The van der Waals surface area contributed by atoms with Gasteiger partial charge in [0.15, 0.2) is 0 Å². The van der Waals surface area contributed by atoms with Crippen molar-refractivity contribution in [3.63, 3.8) is 0 Å². The second-order valence-electron chi connectivity index (χ2n) is 5.82. The minimum Gasteiger partial charge on any atom is -0.380 e. The Balaban J connectivity index is 1.41. The fourth-order valence-corrected chi connectivity index (χ4v) is 4.23. The highest BCUT2D eigenvalue weighted by Gasteiger charge is 2.22. The third-order valence-corrected chi connectivity index (χ3v) is 6.20. The van der Waals surface area contributed by atoms with Crippen LogP contribution in [0.25, 0.3) is 0 Å². The van der Waals surface area contributed by atoms with E-state index in [-0.39, 0.29) is 0 Å². The number of ether oxygens (including phenoxy) is 1. The van der Waals surface area contributed by atoms with Crippen LogP contribution < -0.4 is 10.0 Å². The molecule has 1 aromatic rings. The molecule has 0 amide bonds. The average molecular weight is 330 g/mol. The Hall–Kier alpha value is -0.470. The van der Waals surface area contributed by atoms with E-state index in [0.29, 0.717) is 30.0 Å². The van der Waals surface area contributed by atoms with E-state index in [4.69, 9.17) is 4.74 Å². The molecule has 0 radical (unpaired) electrons. The van der Waals surface area contributed by atoms with Crippen LogP contribution in [-0.4, -0.2) is 34.2 Å². The van der Waals surface area contributed by atoms with Gasteiger partial charge in [0.2, 0.25) is 10.0 Å². The Labute approximate surface area is 130 Å². The van der Waals surface area contributed by atoms with Crippen LogP contribution in [0.1, 0.15) is 30.6 Å². The minimum atomic E-state index is -3.39. The highest BCUT2D eigenvalue weighted by Crippen LogP contribution is 2.28. The summed E-state index contributed by atoms with van der Waals surface area (Å²) < 4.78 is 32.3. The van der Waals surface area contributed by atoms with Gasteiger partial charge in [0.25, 0.3) is 0 Å². The van der Waals surface area contributed by atoms with Crippen molar-refractivity contribution in [3.05, 3.63) is 16.3 Å². The van der Waals surface area contributed by atoms with Gasteiger partial charge in [0, 0.05) is 36.0 Å². The minimum absolute atomic E-state index is 0.334. The van der Waals surface area contributed by atoms with Crippen molar-refractivity contribution in [2.75, 3.05) is 19.8 Å². The van der Waals surface area contributed by atoms with Gasteiger partial charge in [-0.1, -0.05) is 0 Å². The Kier molecular flexibility index (Phi) is 4.96. The number of hydrogen-bond acceptors (Lipinski definition) is 5. The Morgan fingerprint density at radius 2 is 2.10 bits per heavy atom. The van der Waals surface area contributed by atoms with E-state index >= 15 is 0 Å². The van der Waals surface area contributed by atoms with Gasteiger partial charge in [-0.25, -0.2) is 13.1 Å². The number of rotatable bonds is 10. The maximum atomic E-state index is 12.1. The van der Waals surface area contributed by atoms with Gasteiger partial charge in [0.1, 0.15) is 0 Å². The molecule has 1 aromatic heterocycles. The molecule has 3 rings (SSSR count). The molecule has 1 heterocycles. The second kappa shape index (κ2) is 6.75. The summed E-state index contributed by atoms with van der Waals surface area (Å²) in [5.74, 6) is 0.708. The van der Waals surface area contributed by atoms with Gasteiger partial charge >= 0.3 is 0 Å². The lowest BCUT2D eigenvalue weighted by Gasteiger charge is -2.05. The zero-order valence-electron chi connectivity index (χ0n) is 12.0. The second-order valence-corrected chi connectivity index (χ2v) is 8.58. The third kappa shape index (κ3) is 5.03. The predicted octanol–water partition coefficient (Wildman–Crippen LogP) is 1.70. The van der Waals surface area contributed by atoms with E-state index in [9.17, 15) is 8.42 Å². The van der Waals surface area contributed by atoms with Crippen LogP contribution in [0.4, 0.5) is 0 Å². The predicted molar refractivity (Wildman–Crippen MR) is 82.9 cm³/mol. The molecule has 5 nitrogen and oxygen atoms in total. The molecule has 118 valence electrons. The van der Waals surface area contributed by atoms with E-state index in [2.05, 4.69) is 10.0 Å². The van der Waals surface area contributed by atoms with Crippen molar-refractivity contribution in [2.24, 2.45) is 5.92 Å². The molecule has 21 heavy (non-hydrogen) atoms. The van der Waals surface area contributed by atoms with E-state index < -0.39 is 10.0 Å². The van der Waals surface area contributed by atoms with Crippen LogP contribution in [0.2, 0.25) is 0 Å². The molecule has 7 heteroatoms. The third-order valence-electron chi connectivity index (χ3n) is 3.67. The summed E-state index contributed by atoms with van der Waals surface area (Å²) in [6.45, 7) is 2.29. The number of nitrogens with one attached hydrogen (secondary N) is 2. The van der Waals surface area contributed by atoms with Gasteiger partial charge in [-0.3, -0.25) is 0 Å². The standard InChI is InChI=1S/C14H22N2O3S2/c17-21(18,16-5-6-19-9-11-1-2-11)14-7-13(20-10-14)8-15-12-3-4-12/h7,10-12,15-16H,1-6,8-9H2. The molecule has 2 fully saturated rings. The van der Waals surface area contributed by atoms with Crippen molar-refractivity contribution in [1.29, 1.82) is 0 Å². The van der Waals surface area contributed by atoms with Crippen molar-refractivity contribution >= 4 is 21.4 Å². The fourth-order valence-electron chi connectivity index (χ4n) is 1.99. The first kappa shape index (κ1) is 15.4. The molecule has 0 saturated heterocycles. The van der Waals surface area contributed by atoms with Crippen LogP contribution in [0, 0.1) is 5.92 Å². The molecule has 2 saturated carbocycles. The molecule has 0 bridgehead atoms. The number of hydrogen-bond donors (Lipinski definition) is 2. The van der Waals surface area contributed by atoms with Crippen LogP contribution in [0.5, 0.6) is 0 Å². The van der Waals surface area contributed by atoms with Crippen molar-refractivity contribution in [1.82, 2.24) is 10.0 Å². The van der Waals surface area contributed by atoms with Crippen LogP contribution in [0.15, 0.2) is 16.3 Å². The van der Waals surface area contributed by atoms with E-state index in [0.717, 1.165) is 18.0 Å². The molecular weight excluding hydrogens is 308 g/mol. The monoisotopic (exact) mass is 330 g/mol. The summed E-state index contributed by atoms with van der Waals surface area (Å²) in [5.41, 5.74) is 0. The normalized spacial score (nSPS) is 19.0. The topological polar surface area (TPSA) is 67.4 Å². The molecule has 2 N–H and O–H groups in total. The quantitative estimate of drug-likeness (QED) is 0.641. The maximum absolute atomic E-state index is 12.1. The first-order valence-electron chi connectivity index (χ1n) is 7.52. The largest absolute Gasteiger partial charge is 0.380 e. The lowest BCUT2D eigenvalue weighted by atomic mass is 10.4. The molecule has 0 aliphatic heterocycles. The average Bonchev–Trinajstić information content (AvgIpc) is 3.37. The van der Waals surface area contributed by atoms with Crippen molar-refractivity contribution in [2.45, 2.75) is 43.2 Å². The number of thiophene rings is 1. The molecule has 0 atom stereocenters. The van der Waals surface area contributed by atoms with E-state index in [1.807, 2.05) is 0 Å². The lowest BCUT2D eigenvalue weighted by molar-refractivity contribution is 0.129. The summed E-state index contributed by atoms with van der Waals surface area (Å²) in [5, 5.41) is 5.09. The SMILES string of the molecule is O=S(=O)(NCCOCC1CC1)c1csc(CNC2CC2)c1. The molecule has 0 aromatic carbocycles. The van der Waals surface area contributed by atoms with Crippen LogP contribution in [-0.2, 0) is 21.3 Å². The van der Waals surface area contributed by atoms with Crippen molar-refractivity contribution in [3.8, 4) is 0 Å². The van der Waals surface area contributed by atoms with E-state index in [1.165, 1.54) is 37.0 Å². The zero-order valence-corrected chi connectivity index (χ0v) is 13.6. The summed E-state index contributed by atoms with van der Waals surface area (Å²) in [7, 11) is -3.39. The zero-order chi connectivity index (χ0) is 14.7. The van der Waals surface area contributed by atoms with Gasteiger partial charge in [0.05, 0.1) is 11.5 Å². The van der Waals surface area contributed by atoms with Crippen molar-refractivity contribution < 1.29 is 13.2 Å².